The highest BCUT2D eigenvalue weighted by atomic mass is 19.1. The zero-order chi connectivity index (χ0) is 47.9. The number of carbonyl (C=O) groups is 4. The van der Waals surface area contributed by atoms with Gasteiger partial charge in [-0.1, -0.05) is 30.3 Å². The van der Waals surface area contributed by atoms with Gasteiger partial charge < -0.3 is 29.9 Å². The molecular weight excluding hydrogens is 871 g/mol. The van der Waals surface area contributed by atoms with Gasteiger partial charge in [0.25, 0.3) is 11.8 Å². The van der Waals surface area contributed by atoms with Crippen LogP contribution in [0.5, 0.6) is 5.75 Å². The highest BCUT2D eigenvalue weighted by Crippen LogP contribution is 2.42. The van der Waals surface area contributed by atoms with E-state index in [1.54, 1.807) is 25.1 Å². The van der Waals surface area contributed by atoms with Crippen LogP contribution < -0.4 is 20.3 Å². The summed E-state index contributed by atoms with van der Waals surface area (Å²) in [7, 11) is 1.51. The number of H-pyrrole nitrogens is 1. The molecule has 0 radical (unpaired) electrons. The van der Waals surface area contributed by atoms with Crippen LogP contribution in [0.15, 0.2) is 85.2 Å². The number of aromatic nitrogens is 3. The van der Waals surface area contributed by atoms with E-state index in [-0.39, 0.29) is 41.4 Å². The summed E-state index contributed by atoms with van der Waals surface area (Å²) in [5, 5.41) is 15.9. The molecule has 16 heteroatoms. The third kappa shape index (κ3) is 9.43. The lowest BCUT2D eigenvalue weighted by Gasteiger charge is -2.47. The van der Waals surface area contributed by atoms with Crippen LogP contribution in [-0.2, 0) is 16.8 Å². The molecule has 3 aliphatic rings. The number of aliphatic hydroxyl groups is 1. The Labute approximate surface area is 392 Å². The Morgan fingerprint density at radius 3 is 2.32 bits per heavy atom. The van der Waals surface area contributed by atoms with Crippen molar-refractivity contribution < 1.29 is 37.8 Å². The van der Waals surface area contributed by atoms with Crippen molar-refractivity contribution in [3.8, 4) is 28.3 Å². The molecule has 68 heavy (non-hydrogen) atoms. The zero-order valence-corrected chi connectivity index (χ0v) is 38.5. The zero-order valence-electron chi connectivity index (χ0n) is 38.5. The first-order chi connectivity index (χ1) is 32.6. The standard InChI is InChI=1S/C52H54F2N8O6/c1-31-38(27-36(53)28-41(31)58-48(64)37-11-10-35(26-40(37)54)51(2,3)67)46-39-29-42(57-47(39)56-30-55-46)33-7-5-32(6-8-33)13-19-60-21-15-52(16-22-60)17-23-61(24-18-52)49(65)34-9-12-44(68-4)43(25-34)62-20-14-45(63)59-50(62)66/h5-12,25-30,67H,13-24H2,1-4H3,(H,58,64)(H,55,56,57)(H,59,63,66). The van der Waals surface area contributed by atoms with Gasteiger partial charge in [-0.25, -0.2) is 23.5 Å². The summed E-state index contributed by atoms with van der Waals surface area (Å²) in [4.78, 5) is 69.5. The number of methoxy groups -OCH3 is 1. The fraction of sp³-hybridized carbons (Fsp3) is 0.346. The second-order valence-electron chi connectivity index (χ2n) is 18.7. The van der Waals surface area contributed by atoms with Gasteiger partial charge in [-0.2, -0.15) is 0 Å². The Balaban J connectivity index is 0.795. The third-order valence-electron chi connectivity index (χ3n) is 14.0. The number of amides is 5. The summed E-state index contributed by atoms with van der Waals surface area (Å²) < 4.78 is 35.7. The van der Waals surface area contributed by atoms with E-state index in [2.05, 4.69) is 54.8 Å². The second kappa shape index (κ2) is 18.6. The fourth-order valence-corrected chi connectivity index (χ4v) is 9.72. The number of aromatic amines is 1. The molecule has 2 aromatic heterocycles. The molecular formula is C52H54F2N8O6. The number of halogens is 2. The molecule has 3 aliphatic heterocycles. The van der Waals surface area contributed by atoms with Gasteiger partial charge in [-0.3, -0.25) is 24.6 Å². The maximum Gasteiger partial charge on any atom is 0.328 e. The molecule has 5 heterocycles. The molecule has 0 bridgehead atoms. The summed E-state index contributed by atoms with van der Waals surface area (Å²) in [6.45, 7) is 9.28. The van der Waals surface area contributed by atoms with E-state index in [9.17, 15) is 24.3 Å². The van der Waals surface area contributed by atoms with Crippen LogP contribution in [0, 0.1) is 24.0 Å². The topological polar surface area (TPSA) is 173 Å². The number of urea groups is 1. The van der Waals surface area contributed by atoms with Crippen molar-refractivity contribution in [1.29, 1.82) is 0 Å². The maximum atomic E-state index is 15.2. The van der Waals surface area contributed by atoms with Gasteiger partial charge in [-0.05, 0) is 142 Å². The maximum absolute atomic E-state index is 15.2. The van der Waals surface area contributed by atoms with E-state index in [1.807, 2.05) is 11.0 Å². The van der Waals surface area contributed by atoms with Crippen LogP contribution in [-0.4, -0.2) is 100.0 Å². The van der Waals surface area contributed by atoms with E-state index in [1.165, 1.54) is 62.0 Å². The molecule has 3 fully saturated rings. The normalized spacial score (nSPS) is 16.6. The fourth-order valence-electron chi connectivity index (χ4n) is 9.72. The van der Waals surface area contributed by atoms with Crippen molar-refractivity contribution in [2.75, 3.05) is 56.6 Å². The molecule has 9 rings (SSSR count). The minimum atomic E-state index is -1.29. The van der Waals surface area contributed by atoms with E-state index in [0.717, 1.165) is 69.1 Å². The van der Waals surface area contributed by atoms with Crippen LogP contribution in [0.1, 0.15) is 83.4 Å². The van der Waals surface area contributed by atoms with Crippen LogP contribution in [0.3, 0.4) is 0 Å². The number of piperidine rings is 2. The number of benzene rings is 4. The number of hydrogen-bond acceptors (Lipinski definition) is 9. The summed E-state index contributed by atoms with van der Waals surface area (Å²) >= 11 is 0. The number of nitrogens with zero attached hydrogens (tertiary/aromatic N) is 5. The van der Waals surface area contributed by atoms with E-state index >= 15 is 8.78 Å². The molecule has 3 saturated heterocycles. The number of ether oxygens (including phenoxy) is 1. The number of anilines is 2. The Bertz CT molecular complexity index is 2930. The molecule has 4 N–H and O–H groups in total. The Kier molecular flexibility index (Phi) is 12.6. The van der Waals surface area contributed by atoms with Gasteiger partial charge in [0, 0.05) is 60.5 Å². The summed E-state index contributed by atoms with van der Waals surface area (Å²) in [6, 6.07) is 21.4. The molecule has 0 aliphatic carbocycles. The Hall–Kier alpha value is -7.04. The number of nitrogens with one attached hydrogen (secondary N) is 3. The van der Waals surface area contributed by atoms with Gasteiger partial charge in [0.2, 0.25) is 5.91 Å². The molecule has 352 valence electrons. The highest BCUT2D eigenvalue weighted by Gasteiger charge is 2.39. The number of rotatable bonds is 11. The largest absolute Gasteiger partial charge is 0.495 e. The molecule has 5 amide bonds. The minimum Gasteiger partial charge on any atom is -0.495 e. The highest BCUT2D eigenvalue weighted by molar-refractivity contribution is 6.07. The molecule has 6 aromatic rings. The first-order valence-electron chi connectivity index (χ1n) is 23.0. The number of fused-ring (bicyclic) bond motifs is 1. The molecule has 0 unspecified atom stereocenters. The minimum absolute atomic E-state index is 0.0750. The molecule has 1 spiro atoms. The Morgan fingerprint density at radius 1 is 0.897 bits per heavy atom. The number of carbonyl (C=O) groups excluding carboxylic acids is 4. The number of hydrogen-bond donors (Lipinski definition) is 4. The monoisotopic (exact) mass is 924 g/mol. The Morgan fingerprint density at radius 2 is 1.63 bits per heavy atom. The molecule has 14 nitrogen and oxygen atoms in total. The van der Waals surface area contributed by atoms with Gasteiger partial charge in [0.1, 0.15) is 29.4 Å². The average Bonchev–Trinajstić information content (AvgIpc) is 3.77. The van der Waals surface area contributed by atoms with Crippen molar-refractivity contribution in [3.63, 3.8) is 0 Å². The van der Waals surface area contributed by atoms with E-state index in [0.29, 0.717) is 63.5 Å². The lowest BCUT2D eigenvalue weighted by Crippen LogP contribution is -2.50. The van der Waals surface area contributed by atoms with Crippen molar-refractivity contribution in [2.24, 2.45) is 5.41 Å². The summed E-state index contributed by atoms with van der Waals surface area (Å²) in [5.74, 6) is -2.11. The SMILES string of the molecule is COc1ccc(C(=O)N2CCC3(CCN(CCc4ccc(-c5cc6c(-c7cc(F)cc(NC(=O)c8ccc(C(C)(C)O)cc8F)c7C)ncnc6[nH]5)cc4)CC3)CC2)cc1N1CCC(=O)NC1=O. The lowest BCUT2D eigenvalue weighted by atomic mass is 9.71. The first kappa shape index (κ1) is 46.1. The smallest absolute Gasteiger partial charge is 0.328 e. The summed E-state index contributed by atoms with van der Waals surface area (Å²) in [5.41, 5.74) is 5.11. The second-order valence-corrected chi connectivity index (χ2v) is 18.7. The predicted octanol–water partition coefficient (Wildman–Crippen LogP) is 8.37. The van der Waals surface area contributed by atoms with Crippen molar-refractivity contribution in [2.45, 2.75) is 64.9 Å². The van der Waals surface area contributed by atoms with Crippen molar-refractivity contribution >= 4 is 46.2 Å². The lowest BCUT2D eigenvalue weighted by molar-refractivity contribution is -0.120. The van der Waals surface area contributed by atoms with Gasteiger partial charge >= 0.3 is 6.03 Å². The van der Waals surface area contributed by atoms with Crippen LogP contribution in [0.2, 0.25) is 0 Å². The first-order valence-corrected chi connectivity index (χ1v) is 23.0. The van der Waals surface area contributed by atoms with Gasteiger partial charge in [-0.15, -0.1) is 0 Å². The molecule has 0 atom stereocenters. The van der Waals surface area contributed by atoms with Crippen molar-refractivity contribution in [3.05, 3.63) is 125 Å². The quantitative estimate of drug-likeness (QED) is 0.0996. The van der Waals surface area contributed by atoms with E-state index < -0.39 is 29.2 Å². The van der Waals surface area contributed by atoms with Gasteiger partial charge in [0.05, 0.1) is 29.7 Å². The summed E-state index contributed by atoms with van der Waals surface area (Å²) in [6.07, 6.45) is 6.53. The van der Waals surface area contributed by atoms with E-state index in [4.69, 9.17) is 4.74 Å². The number of imide groups is 1. The molecule has 4 aromatic carbocycles. The number of likely N-dealkylation sites (tertiary alicyclic amines) is 2. The van der Waals surface area contributed by atoms with Crippen molar-refractivity contribution in [1.82, 2.24) is 30.1 Å². The van der Waals surface area contributed by atoms with Crippen LogP contribution in [0.25, 0.3) is 33.5 Å². The average molecular weight is 925 g/mol. The van der Waals surface area contributed by atoms with Crippen LogP contribution in [0.4, 0.5) is 25.0 Å². The molecule has 0 saturated carbocycles. The third-order valence-corrected chi connectivity index (χ3v) is 14.0. The van der Waals surface area contributed by atoms with Gasteiger partial charge in [0.15, 0.2) is 0 Å². The van der Waals surface area contributed by atoms with Crippen LogP contribution >= 0.6 is 0 Å². The predicted molar refractivity (Wildman–Crippen MR) is 254 cm³/mol.